The first-order chi connectivity index (χ1) is 16.3. The summed E-state index contributed by atoms with van der Waals surface area (Å²) in [6, 6.07) is 17.7. The summed E-state index contributed by atoms with van der Waals surface area (Å²) in [5, 5.41) is 3.24. The number of rotatable bonds is 4. The number of anilines is 3. The van der Waals surface area contributed by atoms with Crippen LogP contribution in [0.4, 0.5) is 21.5 Å². The summed E-state index contributed by atoms with van der Waals surface area (Å²) in [4.78, 5) is 41.3. The van der Waals surface area contributed by atoms with E-state index in [1.165, 1.54) is 45.8 Å². The number of fused-ring (bicyclic) bond motifs is 2. The Balaban J connectivity index is 1.54. The lowest BCUT2D eigenvalue weighted by Crippen LogP contribution is -2.50. The van der Waals surface area contributed by atoms with Gasteiger partial charge in [-0.1, -0.05) is 35.4 Å². The smallest absolute Gasteiger partial charge is 0.269 e. The minimum absolute atomic E-state index is 0.0824. The van der Waals surface area contributed by atoms with Gasteiger partial charge in [-0.2, -0.15) is 0 Å². The molecule has 1 fully saturated rings. The summed E-state index contributed by atoms with van der Waals surface area (Å²) in [6.07, 6.45) is 0. The molecule has 3 amide bonds. The normalized spacial score (nSPS) is 19.1. The molecule has 5 rings (SSSR count). The van der Waals surface area contributed by atoms with Crippen LogP contribution in [0.15, 0.2) is 66.7 Å². The molecule has 0 bridgehead atoms. The Bertz CT molecular complexity index is 1330. The molecule has 34 heavy (non-hydrogen) atoms. The number of thioether (sulfide) groups is 1. The zero-order valence-corrected chi connectivity index (χ0v) is 19.6. The lowest BCUT2D eigenvalue weighted by atomic mass is 10.0. The molecule has 172 valence electrons. The van der Waals surface area contributed by atoms with E-state index in [-0.39, 0.29) is 18.2 Å². The van der Waals surface area contributed by atoms with Gasteiger partial charge < -0.3 is 5.32 Å². The van der Waals surface area contributed by atoms with Crippen molar-refractivity contribution in [2.75, 3.05) is 27.4 Å². The number of carbonyl (C=O) groups excluding carboxylic acids is 3. The third kappa shape index (κ3) is 3.63. The SMILES string of the molecule is Cc1ccc2c(c1)C1(SCC(=O)N1c1ccc(F)cc1)C(=O)N2CC(=O)Nc1cccc(Cl)c1. The second kappa shape index (κ2) is 8.45. The highest BCUT2D eigenvalue weighted by Gasteiger charge is 2.61. The number of aryl methyl sites for hydroxylation is 1. The summed E-state index contributed by atoms with van der Waals surface area (Å²) >= 11 is 7.21. The first-order valence-electron chi connectivity index (χ1n) is 10.5. The van der Waals surface area contributed by atoms with Crippen molar-refractivity contribution in [2.45, 2.75) is 11.8 Å². The fourth-order valence-corrected chi connectivity index (χ4v) is 5.91. The summed E-state index contributed by atoms with van der Waals surface area (Å²) < 4.78 is 13.6. The number of halogens is 2. The molecule has 1 saturated heterocycles. The third-order valence-corrected chi connectivity index (χ3v) is 7.43. The highest BCUT2D eigenvalue weighted by molar-refractivity contribution is 8.02. The zero-order chi connectivity index (χ0) is 24.0. The van der Waals surface area contributed by atoms with E-state index in [1.807, 2.05) is 19.1 Å². The molecule has 3 aromatic rings. The molecule has 2 heterocycles. The standard InChI is InChI=1S/C25H19ClFN3O3S/c1-15-5-10-21-20(11-15)25(30(23(32)14-34-25)19-8-6-17(27)7-9-19)24(33)29(21)13-22(31)28-18-4-2-3-16(26)12-18/h2-12H,13-14H2,1H3,(H,28,31). The van der Waals surface area contributed by atoms with Gasteiger partial charge in [0, 0.05) is 22.0 Å². The van der Waals surface area contributed by atoms with Crippen LogP contribution in [-0.2, 0) is 19.3 Å². The lowest BCUT2D eigenvalue weighted by Gasteiger charge is -2.33. The van der Waals surface area contributed by atoms with Gasteiger partial charge in [0.25, 0.3) is 5.91 Å². The van der Waals surface area contributed by atoms with Crippen molar-refractivity contribution in [3.63, 3.8) is 0 Å². The third-order valence-electron chi connectivity index (χ3n) is 5.81. The average molecular weight is 496 g/mol. The van der Waals surface area contributed by atoms with Crippen LogP contribution in [0, 0.1) is 12.7 Å². The zero-order valence-electron chi connectivity index (χ0n) is 18.0. The quantitative estimate of drug-likeness (QED) is 0.569. The Morgan fingerprint density at radius 3 is 2.62 bits per heavy atom. The van der Waals surface area contributed by atoms with E-state index in [9.17, 15) is 18.8 Å². The molecule has 0 radical (unpaired) electrons. The summed E-state index contributed by atoms with van der Waals surface area (Å²) in [6.45, 7) is 1.66. The molecule has 2 aliphatic rings. The van der Waals surface area contributed by atoms with E-state index in [1.54, 1.807) is 30.3 Å². The molecule has 1 atom stereocenters. The van der Waals surface area contributed by atoms with E-state index < -0.39 is 22.5 Å². The molecular formula is C25H19ClFN3O3S. The van der Waals surface area contributed by atoms with Gasteiger partial charge in [-0.15, -0.1) is 11.8 Å². The fraction of sp³-hybridized carbons (Fsp3) is 0.160. The van der Waals surface area contributed by atoms with Gasteiger partial charge in [-0.3, -0.25) is 24.2 Å². The number of hydrogen-bond acceptors (Lipinski definition) is 4. The Morgan fingerprint density at radius 2 is 1.88 bits per heavy atom. The van der Waals surface area contributed by atoms with Crippen molar-refractivity contribution in [1.29, 1.82) is 0 Å². The maximum atomic E-state index is 14.0. The first kappa shape index (κ1) is 22.4. The molecule has 3 aromatic carbocycles. The van der Waals surface area contributed by atoms with Crippen LogP contribution in [0.3, 0.4) is 0 Å². The second-order valence-electron chi connectivity index (χ2n) is 8.11. The molecule has 1 spiro atoms. The van der Waals surface area contributed by atoms with Crippen LogP contribution >= 0.6 is 23.4 Å². The number of benzene rings is 3. The van der Waals surface area contributed by atoms with Crippen LogP contribution in [-0.4, -0.2) is 30.0 Å². The Labute approximate surface area is 204 Å². The first-order valence-corrected chi connectivity index (χ1v) is 11.9. The van der Waals surface area contributed by atoms with Gasteiger partial charge in [-0.25, -0.2) is 4.39 Å². The van der Waals surface area contributed by atoms with Gasteiger partial charge in [0.15, 0.2) is 0 Å². The summed E-state index contributed by atoms with van der Waals surface area (Å²) in [7, 11) is 0. The second-order valence-corrected chi connectivity index (χ2v) is 9.71. The molecule has 0 aromatic heterocycles. The topological polar surface area (TPSA) is 69.7 Å². The highest BCUT2D eigenvalue weighted by Crippen LogP contribution is 2.55. The van der Waals surface area contributed by atoms with Crippen molar-refractivity contribution in [2.24, 2.45) is 0 Å². The van der Waals surface area contributed by atoms with E-state index in [4.69, 9.17) is 11.6 Å². The Morgan fingerprint density at radius 1 is 1.12 bits per heavy atom. The van der Waals surface area contributed by atoms with Crippen LogP contribution in [0.2, 0.25) is 5.02 Å². The predicted octanol–water partition coefficient (Wildman–Crippen LogP) is 4.71. The van der Waals surface area contributed by atoms with Crippen molar-refractivity contribution in [3.8, 4) is 0 Å². The van der Waals surface area contributed by atoms with E-state index in [0.29, 0.717) is 27.6 Å². The molecule has 2 aliphatic heterocycles. The van der Waals surface area contributed by atoms with Crippen molar-refractivity contribution in [3.05, 3.63) is 88.7 Å². The maximum absolute atomic E-state index is 14.0. The van der Waals surface area contributed by atoms with Crippen molar-refractivity contribution >= 4 is 58.1 Å². The van der Waals surface area contributed by atoms with Gasteiger partial charge >= 0.3 is 0 Å². The number of nitrogens with zero attached hydrogens (tertiary/aromatic N) is 2. The highest BCUT2D eigenvalue weighted by atomic mass is 35.5. The fourth-order valence-electron chi connectivity index (χ4n) is 4.37. The van der Waals surface area contributed by atoms with Crippen LogP contribution in [0.25, 0.3) is 0 Å². The Kier molecular flexibility index (Phi) is 5.58. The summed E-state index contributed by atoms with van der Waals surface area (Å²) in [5.74, 6) is -1.41. The molecule has 0 saturated carbocycles. The number of carbonyl (C=O) groups is 3. The van der Waals surface area contributed by atoms with Gasteiger partial charge in [0.2, 0.25) is 16.7 Å². The minimum atomic E-state index is -1.37. The van der Waals surface area contributed by atoms with Crippen molar-refractivity contribution in [1.82, 2.24) is 0 Å². The Hall–Kier alpha value is -3.36. The van der Waals surface area contributed by atoms with Crippen LogP contribution in [0.5, 0.6) is 0 Å². The molecular weight excluding hydrogens is 477 g/mol. The van der Waals surface area contributed by atoms with Crippen LogP contribution < -0.4 is 15.1 Å². The lowest BCUT2D eigenvalue weighted by molar-refractivity contribution is -0.124. The largest absolute Gasteiger partial charge is 0.324 e. The number of amides is 3. The summed E-state index contributed by atoms with van der Waals surface area (Å²) in [5.41, 5.74) is 3.04. The molecule has 6 nitrogen and oxygen atoms in total. The predicted molar refractivity (Wildman–Crippen MR) is 132 cm³/mol. The van der Waals surface area contributed by atoms with Crippen LogP contribution in [0.1, 0.15) is 11.1 Å². The number of nitrogens with one attached hydrogen (secondary N) is 1. The average Bonchev–Trinajstić information content (AvgIpc) is 3.25. The molecule has 1 unspecified atom stereocenters. The van der Waals surface area contributed by atoms with E-state index >= 15 is 0 Å². The monoisotopic (exact) mass is 495 g/mol. The van der Waals surface area contributed by atoms with Gasteiger partial charge in [-0.05, 0) is 55.5 Å². The maximum Gasteiger partial charge on any atom is 0.269 e. The number of hydrogen-bond donors (Lipinski definition) is 1. The minimum Gasteiger partial charge on any atom is -0.324 e. The molecule has 9 heteroatoms. The van der Waals surface area contributed by atoms with Gasteiger partial charge in [0.05, 0.1) is 11.4 Å². The molecule has 1 N–H and O–H groups in total. The van der Waals surface area contributed by atoms with E-state index in [0.717, 1.165) is 5.56 Å². The van der Waals surface area contributed by atoms with E-state index in [2.05, 4.69) is 5.32 Å². The molecule has 0 aliphatic carbocycles. The van der Waals surface area contributed by atoms with Gasteiger partial charge in [0.1, 0.15) is 12.4 Å². The van der Waals surface area contributed by atoms with Crippen molar-refractivity contribution < 1.29 is 18.8 Å².